The summed E-state index contributed by atoms with van der Waals surface area (Å²) >= 11 is 0. The van der Waals surface area contributed by atoms with Crippen molar-refractivity contribution in [2.75, 3.05) is 26.3 Å². The number of rotatable bonds is 5. The van der Waals surface area contributed by atoms with E-state index in [1.807, 2.05) is 0 Å². The molecule has 9 heavy (non-hydrogen) atoms. The van der Waals surface area contributed by atoms with E-state index in [-0.39, 0.29) is 13.2 Å². The number of aliphatic hydroxyl groups is 2. The first-order valence-electron chi connectivity index (χ1n) is 2.86. The molecule has 0 aliphatic rings. The lowest BCUT2D eigenvalue weighted by Crippen LogP contribution is -3.12. The molecule has 0 fully saturated rings. The van der Waals surface area contributed by atoms with Crippen molar-refractivity contribution in [1.82, 2.24) is 0 Å². The number of quaternary nitrogens is 1. The Labute approximate surface area is 53.7 Å². The van der Waals surface area contributed by atoms with Crippen LogP contribution < -0.4 is 4.90 Å². The Morgan fingerprint density at radius 3 is 1.89 bits per heavy atom. The van der Waals surface area contributed by atoms with Gasteiger partial charge in [-0.3, -0.25) is 4.90 Å². The van der Waals surface area contributed by atoms with E-state index in [0.29, 0.717) is 24.4 Å². The molecule has 0 aliphatic carbocycles. The average molecular weight is 134 g/mol. The summed E-state index contributed by atoms with van der Waals surface area (Å²) in [4.78, 5) is 10.6. The van der Waals surface area contributed by atoms with Crippen molar-refractivity contribution in [3.8, 4) is 0 Å². The van der Waals surface area contributed by atoms with Crippen LogP contribution in [0.15, 0.2) is 0 Å². The molecule has 0 aromatic carbocycles. The van der Waals surface area contributed by atoms with Crippen LogP contribution in [0.25, 0.3) is 0 Å². The Balaban J connectivity index is 3.29. The van der Waals surface area contributed by atoms with Crippen molar-refractivity contribution in [1.29, 1.82) is 0 Å². The van der Waals surface area contributed by atoms with E-state index in [1.165, 1.54) is 0 Å². The van der Waals surface area contributed by atoms with E-state index < -0.39 is 0 Å². The minimum atomic E-state index is -0.0198. The zero-order valence-electron chi connectivity index (χ0n) is 5.21. The number of amides is 1. The maximum Gasteiger partial charge on any atom is 0.300 e. The van der Waals surface area contributed by atoms with E-state index in [1.54, 1.807) is 0 Å². The molecule has 0 bridgehead atoms. The topological polar surface area (TPSA) is 62.0 Å². The third-order valence-corrected chi connectivity index (χ3v) is 1.03. The monoisotopic (exact) mass is 134 g/mol. The molecule has 0 aromatic heterocycles. The van der Waals surface area contributed by atoms with Gasteiger partial charge in [0, 0.05) is 0 Å². The van der Waals surface area contributed by atoms with Gasteiger partial charge in [0.25, 0.3) is 6.41 Å². The van der Waals surface area contributed by atoms with Crippen LogP contribution in [0.2, 0.25) is 0 Å². The first-order chi connectivity index (χ1) is 4.35. The molecule has 0 spiro atoms. The number of hydrogen-bond donors (Lipinski definition) is 3. The molecule has 54 valence electrons. The first-order valence-corrected chi connectivity index (χ1v) is 2.86. The highest BCUT2D eigenvalue weighted by Crippen LogP contribution is 1.46. The Kier molecular flexibility index (Phi) is 5.40. The fourth-order valence-electron chi connectivity index (χ4n) is 0.530. The van der Waals surface area contributed by atoms with Gasteiger partial charge in [-0.2, -0.15) is 0 Å². The second-order valence-corrected chi connectivity index (χ2v) is 1.72. The molecule has 0 aliphatic heterocycles. The molecule has 0 saturated carbocycles. The van der Waals surface area contributed by atoms with Gasteiger partial charge in [0.2, 0.25) is 0 Å². The smallest absolute Gasteiger partial charge is 0.300 e. The van der Waals surface area contributed by atoms with Crippen LogP contribution >= 0.6 is 0 Å². The largest absolute Gasteiger partial charge is 0.390 e. The highest BCUT2D eigenvalue weighted by molar-refractivity contribution is 5.33. The summed E-state index contributed by atoms with van der Waals surface area (Å²) in [5.41, 5.74) is 0. The summed E-state index contributed by atoms with van der Waals surface area (Å²) in [6.45, 7) is 0.719. The van der Waals surface area contributed by atoms with Gasteiger partial charge in [0.05, 0.1) is 13.2 Å². The Morgan fingerprint density at radius 2 is 1.67 bits per heavy atom. The first kappa shape index (κ1) is 8.55. The molecule has 0 aromatic rings. The van der Waals surface area contributed by atoms with Gasteiger partial charge in [-0.25, -0.2) is 4.79 Å². The summed E-state index contributed by atoms with van der Waals surface area (Å²) in [7, 11) is 0. The lowest BCUT2D eigenvalue weighted by atomic mass is 10.5. The van der Waals surface area contributed by atoms with Crippen molar-refractivity contribution in [2.45, 2.75) is 0 Å². The van der Waals surface area contributed by atoms with Crippen LogP contribution in [0.5, 0.6) is 0 Å². The van der Waals surface area contributed by atoms with E-state index >= 15 is 0 Å². The van der Waals surface area contributed by atoms with Gasteiger partial charge < -0.3 is 10.2 Å². The SMILES string of the molecule is O=C[NH+](CCO)CCO. The van der Waals surface area contributed by atoms with Crippen molar-refractivity contribution in [3.05, 3.63) is 0 Å². The fraction of sp³-hybridized carbons (Fsp3) is 0.800. The molecule has 4 heteroatoms. The standard InChI is InChI=1S/C5H11NO3/c7-3-1-6(5-9)2-4-8/h5,7-8H,1-4H2/p+1. The van der Waals surface area contributed by atoms with E-state index in [4.69, 9.17) is 10.2 Å². The lowest BCUT2D eigenvalue weighted by Gasteiger charge is -2.06. The molecule has 1 amide bonds. The zero-order chi connectivity index (χ0) is 7.11. The summed E-state index contributed by atoms with van der Waals surface area (Å²) < 4.78 is 0. The molecule has 0 heterocycles. The molecule has 0 radical (unpaired) electrons. The molecular formula is C5H12NO3+. The third-order valence-electron chi connectivity index (χ3n) is 1.03. The summed E-state index contributed by atoms with van der Waals surface area (Å²) in [5, 5.41) is 16.7. The molecule has 3 N–H and O–H groups in total. The summed E-state index contributed by atoms with van der Waals surface area (Å²) in [6, 6.07) is 0. The number of aliphatic hydroxyl groups excluding tert-OH is 2. The Bertz CT molecular complexity index is 70.6. The number of nitrogens with one attached hydrogen (secondary N) is 1. The van der Waals surface area contributed by atoms with Crippen LogP contribution in [-0.4, -0.2) is 42.9 Å². The molecule has 4 nitrogen and oxygen atoms in total. The van der Waals surface area contributed by atoms with Gasteiger partial charge in [0.1, 0.15) is 13.1 Å². The number of carbonyl (C=O) groups is 1. The second-order valence-electron chi connectivity index (χ2n) is 1.72. The highest BCUT2D eigenvalue weighted by Gasteiger charge is 2.02. The maximum absolute atomic E-state index is 10.0. The van der Waals surface area contributed by atoms with Crippen molar-refractivity contribution >= 4 is 6.41 Å². The predicted octanol–water partition coefficient (Wildman–Crippen LogP) is -2.99. The van der Waals surface area contributed by atoms with Gasteiger partial charge in [0.15, 0.2) is 0 Å². The van der Waals surface area contributed by atoms with Crippen molar-refractivity contribution in [3.63, 3.8) is 0 Å². The van der Waals surface area contributed by atoms with Crippen LogP contribution in [0.3, 0.4) is 0 Å². The van der Waals surface area contributed by atoms with Crippen LogP contribution in [0, 0.1) is 0 Å². The second kappa shape index (κ2) is 5.68. The maximum atomic E-state index is 10.0. The van der Waals surface area contributed by atoms with Crippen LogP contribution in [0.1, 0.15) is 0 Å². The van der Waals surface area contributed by atoms with Crippen LogP contribution in [0.4, 0.5) is 0 Å². The van der Waals surface area contributed by atoms with E-state index in [9.17, 15) is 4.79 Å². The Hall–Kier alpha value is -0.450. The summed E-state index contributed by atoms with van der Waals surface area (Å²) in [5.74, 6) is 0. The van der Waals surface area contributed by atoms with Gasteiger partial charge in [-0.05, 0) is 0 Å². The van der Waals surface area contributed by atoms with Gasteiger partial charge in [-0.15, -0.1) is 0 Å². The van der Waals surface area contributed by atoms with Crippen molar-refractivity contribution < 1.29 is 19.9 Å². The minimum Gasteiger partial charge on any atom is -0.390 e. The van der Waals surface area contributed by atoms with Crippen LogP contribution in [-0.2, 0) is 4.79 Å². The number of hydrogen-bond acceptors (Lipinski definition) is 3. The molecule has 0 saturated heterocycles. The molecular weight excluding hydrogens is 122 g/mol. The molecule has 0 rings (SSSR count). The zero-order valence-corrected chi connectivity index (χ0v) is 5.21. The molecule has 0 atom stereocenters. The van der Waals surface area contributed by atoms with E-state index in [0.717, 1.165) is 0 Å². The summed E-state index contributed by atoms with van der Waals surface area (Å²) in [6.07, 6.45) is 0.687. The third kappa shape index (κ3) is 4.08. The minimum absolute atomic E-state index is 0.0198. The lowest BCUT2D eigenvalue weighted by molar-refractivity contribution is -0.811. The number of carbonyl (C=O) groups excluding carboxylic acids is 1. The quantitative estimate of drug-likeness (QED) is 0.351. The van der Waals surface area contributed by atoms with Gasteiger partial charge >= 0.3 is 0 Å². The normalized spacial score (nSPS) is 10.1. The van der Waals surface area contributed by atoms with Gasteiger partial charge in [-0.1, -0.05) is 0 Å². The predicted molar refractivity (Wildman–Crippen MR) is 30.9 cm³/mol. The fourth-order valence-corrected chi connectivity index (χ4v) is 0.530. The molecule has 0 unspecified atom stereocenters. The van der Waals surface area contributed by atoms with E-state index in [2.05, 4.69) is 0 Å². The van der Waals surface area contributed by atoms with Crippen molar-refractivity contribution in [2.24, 2.45) is 0 Å². The average Bonchev–Trinajstić information content (AvgIpc) is 1.88. The Morgan fingerprint density at radius 1 is 1.22 bits per heavy atom. The highest BCUT2D eigenvalue weighted by atomic mass is 16.3.